The first kappa shape index (κ1) is 19.5. The molecule has 0 spiro atoms. The van der Waals surface area contributed by atoms with E-state index in [0.717, 1.165) is 42.1 Å². The van der Waals surface area contributed by atoms with Gasteiger partial charge in [0.15, 0.2) is 0 Å². The van der Waals surface area contributed by atoms with Gasteiger partial charge in [0, 0.05) is 48.4 Å². The molecule has 3 N–H and O–H groups in total. The number of nitrogens with zero attached hydrogens (tertiary/aromatic N) is 2. The number of piperazine rings is 1. The molecule has 0 bridgehead atoms. The molecule has 1 aliphatic heterocycles. The lowest BCUT2D eigenvalue weighted by atomic mass is 9.90. The molecule has 152 valence electrons. The van der Waals surface area contributed by atoms with Crippen LogP contribution >= 0.6 is 0 Å². The van der Waals surface area contributed by atoms with Crippen molar-refractivity contribution >= 4 is 23.1 Å². The lowest BCUT2D eigenvalue weighted by Crippen LogP contribution is -2.54. The average Bonchev–Trinajstić information content (AvgIpc) is 2.99. The van der Waals surface area contributed by atoms with Crippen LogP contribution in [0.1, 0.15) is 32.5 Å². The van der Waals surface area contributed by atoms with Crippen molar-refractivity contribution in [3.8, 4) is 0 Å². The monoisotopic (exact) mass is 391 g/mol. The van der Waals surface area contributed by atoms with Gasteiger partial charge in [-0.1, -0.05) is 31.2 Å². The van der Waals surface area contributed by atoms with Crippen LogP contribution in [0.4, 0.5) is 5.69 Å². The predicted octanol–water partition coefficient (Wildman–Crippen LogP) is 3.23. The standard InChI is InChI=1S/C23H29N5O/c1-15-12-28(13-16(2)25-15)18-9-10-21-22(11-18)27-23(26-21)17(3)19-7-5-4-6-8-20(19)24-14-29/h4-11,14-17,19,25H,12-13H2,1-3H3,(H,24,29)(H,26,27). The number of fused-ring (bicyclic) bond motifs is 1. The summed E-state index contributed by atoms with van der Waals surface area (Å²) < 4.78 is 0. The Hall–Kier alpha value is -2.86. The highest BCUT2D eigenvalue weighted by Gasteiger charge is 2.25. The molecule has 2 aromatic rings. The molecule has 1 saturated heterocycles. The topological polar surface area (TPSA) is 73.0 Å². The molecular formula is C23H29N5O. The molecule has 0 radical (unpaired) electrons. The maximum absolute atomic E-state index is 11.0. The van der Waals surface area contributed by atoms with Gasteiger partial charge in [0.1, 0.15) is 5.82 Å². The van der Waals surface area contributed by atoms with Gasteiger partial charge >= 0.3 is 0 Å². The number of nitrogens with one attached hydrogen (secondary N) is 3. The molecule has 2 aliphatic rings. The summed E-state index contributed by atoms with van der Waals surface area (Å²) in [6.45, 7) is 8.59. The van der Waals surface area contributed by atoms with Crippen LogP contribution in [0, 0.1) is 5.92 Å². The zero-order valence-corrected chi connectivity index (χ0v) is 17.2. The summed E-state index contributed by atoms with van der Waals surface area (Å²) in [5.74, 6) is 1.07. The summed E-state index contributed by atoms with van der Waals surface area (Å²) in [5.41, 5.74) is 4.12. The van der Waals surface area contributed by atoms with E-state index in [1.165, 1.54) is 5.69 Å². The van der Waals surface area contributed by atoms with Crippen molar-refractivity contribution in [3.63, 3.8) is 0 Å². The molecule has 1 fully saturated rings. The number of rotatable bonds is 5. The predicted molar refractivity (Wildman–Crippen MR) is 118 cm³/mol. The van der Waals surface area contributed by atoms with Crippen molar-refractivity contribution in [2.24, 2.45) is 5.92 Å². The summed E-state index contributed by atoms with van der Waals surface area (Å²) in [6.07, 6.45) is 10.7. The normalized spacial score (nSPS) is 25.6. The number of amides is 1. The maximum atomic E-state index is 11.0. The number of benzene rings is 1. The SMILES string of the molecule is CC1CN(c2ccc3nc(C(C)C4C=CC=CC=C4NC=O)[nH]c3c2)CC(C)N1. The second-order valence-electron chi connectivity index (χ2n) is 8.17. The minimum atomic E-state index is 0.0464. The molecule has 4 rings (SSSR count). The van der Waals surface area contributed by atoms with Gasteiger partial charge in [-0.2, -0.15) is 0 Å². The molecule has 0 saturated carbocycles. The summed E-state index contributed by atoms with van der Waals surface area (Å²) in [5, 5.41) is 6.42. The first-order valence-electron chi connectivity index (χ1n) is 10.3. The molecule has 6 nitrogen and oxygen atoms in total. The van der Waals surface area contributed by atoms with Crippen LogP contribution in [0.25, 0.3) is 11.0 Å². The van der Waals surface area contributed by atoms with E-state index in [9.17, 15) is 4.79 Å². The fourth-order valence-electron chi connectivity index (χ4n) is 4.41. The van der Waals surface area contributed by atoms with Crippen LogP contribution < -0.4 is 15.5 Å². The maximum Gasteiger partial charge on any atom is 0.211 e. The highest BCUT2D eigenvalue weighted by molar-refractivity contribution is 5.80. The van der Waals surface area contributed by atoms with Gasteiger partial charge in [-0.3, -0.25) is 4.79 Å². The van der Waals surface area contributed by atoms with Crippen LogP contribution in [0.2, 0.25) is 0 Å². The Bertz CT molecular complexity index is 963. The second kappa shape index (κ2) is 8.25. The van der Waals surface area contributed by atoms with Crippen LogP contribution in [0.15, 0.2) is 54.3 Å². The van der Waals surface area contributed by atoms with Gasteiger partial charge in [-0.15, -0.1) is 0 Å². The molecule has 2 heterocycles. The van der Waals surface area contributed by atoms with E-state index in [1.54, 1.807) is 0 Å². The minimum Gasteiger partial charge on any atom is -0.368 e. The number of anilines is 1. The Morgan fingerprint density at radius 1 is 1.21 bits per heavy atom. The second-order valence-corrected chi connectivity index (χ2v) is 8.17. The van der Waals surface area contributed by atoms with Crippen molar-refractivity contribution in [3.05, 3.63) is 60.1 Å². The zero-order valence-electron chi connectivity index (χ0n) is 17.2. The molecule has 4 unspecified atom stereocenters. The third-order valence-electron chi connectivity index (χ3n) is 5.78. The first-order valence-corrected chi connectivity index (χ1v) is 10.3. The summed E-state index contributed by atoms with van der Waals surface area (Å²) in [7, 11) is 0. The molecule has 1 amide bonds. The van der Waals surface area contributed by atoms with Crippen molar-refractivity contribution in [1.29, 1.82) is 0 Å². The Morgan fingerprint density at radius 2 is 2.00 bits per heavy atom. The number of aromatic amines is 1. The van der Waals surface area contributed by atoms with Gasteiger partial charge in [-0.25, -0.2) is 4.98 Å². The van der Waals surface area contributed by atoms with E-state index < -0.39 is 0 Å². The number of hydrogen-bond acceptors (Lipinski definition) is 4. The number of imidazole rings is 1. The van der Waals surface area contributed by atoms with Crippen molar-refractivity contribution < 1.29 is 4.79 Å². The van der Waals surface area contributed by atoms with E-state index in [2.05, 4.69) is 65.6 Å². The number of hydrogen-bond donors (Lipinski definition) is 3. The molecule has 29 heavy (non-hydrogen) atoms. The lowest BCUT2D eigenvalue weighted by molar-refractivity contribution is -0.109. The number of carbonyl (C=O) groups excluding carboxylic acids is 1. The molecule has 1 aromatic carbocycles. The van der Waals surface area contributed by atoms with Gasteiger partial charge in [0.2, 0.25) is 6.41 Å². The van der Waals surface area contributed by atoms with Crippen LogP contribution in [-0.2, 0) is 4.79 Å². The van der Waals surface area contributed by atoms with E-state index in [4.69, 9.17) is 4.98 Å². The molecule has 1 aromatic heterocycles. The Balaban J connectivity index is 1.61. The number of H-pyrrole nitrogens is 1. The summed E-state index contributed by atoms with van der Waals surface area (Å²) >= 11 is 0. The smallest absolute Gasteiger partial charge is 0.211 e. The molecule has 4 atom stereocenters. The van der Waals surface area contributed by atoms with Gasteiger partial charge in [0.05, 0.1) is 11.0 Å². The highest BCUT2D eigenvalue weighted by atomic mass is 16.1. The Labute approximate surface area is 171 Å². The Kier molecular flexibility index (Phi) is 5.53. The minimum absolute atomic E-state index is 0.0464. The van der Waals surface area contributed by atoms with Crippen molar-refractivity contribution in [2.75, 3.05) is 18.0 Å². The first-order chi connectivity index (χ1) is 14.0. The van der Waals surface area contributed by atoms with Crippen LogP contribution in [-0.4, -0.2) is 41.6 Å². The number of aromatic nitrogens is 2. The fraction of sp³-hybridized carbons (Fsp3) is 0.391. The quantitative estimate of drug-likeness (QED) is 0.684. The lowest BCUT2D eigenvalue weighted by Gasteiger charge is -2.37. The van der Waals surface area contributed by atoms with Crippen LogP contribution in [0.3, 0.4) is 0 Å². The van der Waals surface area contributed by atoms with Gasteiger partial charge < -0.3 is 20.5 Å². The van der Waals surface area contributed by atoms with E-state index in [-0.39, 0.29) is 11.8 Å². The van der Waals surface area contributed by atoms with Crippen LogP contribution in [0.5, 0.6) is 0 Å². The number of carbonyl (C=O) groups is 1. The third-order valence-corrected chi connectivity index (χ3v) is 5.78. The Morgan fingerprint density at radius 3 is 2.76 bits per heavy atom. The molecular weight excluding hydrogens is 362 g/mol. The highest BCUT2D eigenvalue weighted by Crippen LogP contribution is 2.31. The van der Waals surface area contributed by atoms with Gasteiger partial charge in [-0.05, 0) is 38.1 Å². The molecule has 6 heteroatoms. The van der Waals surface area contributed by atoms with Gasteiger partial charge in [0.25, 0.3) is 0 Å². The zero-order chi connectivity index (χ0) is 20.4. The molecule has 1 aliphatic carbocycles. The summed E-state index contributed by atoms with van der Waals surface area (Å²) in [6, 6.07) is 7.40. The third kappa shape index (κ3) is 4.12. The summed E-state index contributed by atoms with van der Waals surface area (Å²) in [4.78, 5) is 21.8. The van der Waals surface area contributed by atoms with E-state index in [0.29, 0.717) is 12.1 Å². The van der Waals surface area contributed by atoms with Crippen molar-refractivity contribution in [1.82, 2.24) is 20.6 Å². The van der Waals surface area contributed by atoms with E-state index >= 15 is 0 Å². The van der Waals surface area contributed by atoms with E-state index in [1.807, 2.05) is 24.3 Å². The largest absolute Gasteiger partial charge is 0.368 e. The fourth-order valence-corrected chi connectivity index (χ4v) is 4.41. The number of allylic oxidation sites excluding steroid dienone is 5. The average molecular weight is 392 g/mol. The van der Waals surface area contributed by atoms with Crippen molar-refractivity contribution in [2.45, 2.75) is 38.8 Å².